The van der Waals surface area contributed by atoms with Gasteiger partial charge in [0.25, 0.3) is 0 Å². The fourth-order valence-electron chi connectivity index (χ4n) is 2.21. The predicted octanol–water partition coefficient (Wildman–Crippen LogP) is 2.42. The van der Waals surface area contributed by atoms with Gasteiger partial charge in [-0.2, -0.15) is 0 Å². The topological polar surface area (TPSA) is 35.2 Å². The smallest absolute Gasteiger partial charge is 0.0512 e. The van der Waals surface area contributed by atoms with Crippen LogP contribution in [0, 0.1) is 5.92 Å². The molecule has 0 saturated carbocycles. The van der Waals surface area contributed by atoms with E-state index in [1.54, 1.807) is 0 Å². The molecule has 0 aromatic heterocycles. The van der Waals surface area contributed by atoms with Gasteiger partial charge in [-0.15, -0.1) is 0 Å². The molecule has 1 aliphatic rings. The van der Waals surface area contributed by atoms with Crippen molar-refractivity contribution in [2.24, 2.45) is 11.7 Å². The minimum absolute atomic E-state index is 0.402. The molecule has 1 aromatic rings. The Kier molecular flexibility index (Phi) is 3.62. The van der Waals surface area contributed by atoms with Crippen LogP contribution in [0.1, 0.15) is 17.9 Å². The molecular weight excluding hydrogens is 210 g/mol. The number of halogens is 1. The van der Waals surface area contributed by atoms with E-state index in [2.05, 4.69) is 6.07 Å². The molecule has 1 aliphatic heterocycles. The lowest BCUT2D eigenvalue weighted by molar-refractivity contribution is 0.0436. The fraction of sp³-hybridized carbons (Fsp3) is 0.500. The summed E-state index contributed by atoms with van der Waals surface area (Å²) in [5.74, 6) is 0.857. The zero-order chi connectivity index (χ0) is 10.7. The van der Waals surface area contributed by atoms with Gasteiger partial charge >= 0.3 is 0 Å². The summed E-state index contributed by atoms with van der Waals surface area (Å²) in [6.07, 6.45) is 1.02. The minimum Gasteiger partial charge on any atom is -0.381 e. The Bertz CT molecular complexity index is 329. The molecule has 2 N–H and O–H groups in total. The second kappa shape index (κ2) is 4.97. The van der Waals surface area contributed by atoms with Crippen molar-refractivity contribution in [1.82, 2.24) is 0 Å². The van der Waals surface area contributed by atoms with Gasteiger partial charge in [0.2, 0.25) is 0 Å². The van der Waals surface area contributed by atoms with Gasteiger partial charge in [0.1, 0.15) is 0 Å². The molecule has 2 atom stereocenters. The van der Waals surface area contributed by atoms with Crippen molar-refractivity contribution in [3.63, 3.8) is 0 Å². The first-order valence-electron chi connectivity index (χ1n) is 5.35. The van der Waals surface area contributed by atoms with Crippen LogP contribution in [0.4, 0.5) is 0 Å². The van der Waals surface area contributed by atoms with Crippen molar-refractivity contribution in [1.29, 1.82) is 0 Å². The Morgan fingerprint density at radius 2 is 2.20 bits per heavy atom. The first kappa shape index (κ1) is 10.9. The summed E-state index contributed by atoms with van der Waals surface area (Å²) in [6.45, 7) is 2.23. The molecule has 2 rings (SSSR count). The van der Waals surface area contributed by atoms with Gasteiger partial charge in [0.15, 0.2) is 0 Å². The quantitative estimate of drug-likeness (QED) is 0.839. The van der Waals surface area contributed by atoms with Crippen LogP contribution in [0.2, 0.25) is 5.02 Å². The molecule has 82 valence electrons. The number of benzene rings is 1. The maximum atomic E-state index is 6.20. The van der Waals surface area contributed by atoms with E-state index in [1.165, 1.54) is 5.56 Å². The van der Waals surface area contributed by atoms with Crippen molar-refractivity contribution in [3.05, 3.63) is 34.9 Å². The summed E-state index contributed by atoms with van der Waals surface area (Å²) in [5, 5.41) is 0.850. The summed E-state index contributed by atoms with van der Waals surface area (Å²) < 4.78 is 5.44. The van der Waals surface area contributed by atoms with Gasteiger partial charge in [-0.05, 0) is 30.5 Å². The third-order valence-electron chi connectivity index (χ3n) is 3.08. The highest BCUT2D eigenvalue weighted by molar-refractivity contribution is 6.31. The van der Waals surface area contributed by atoms with Gasteiger partial charge < -0.3 is 10.5 Å². The fourth-order valence-corrected chi connectivity index (χ4v) is 2.49. The molecule has 1 heterocycles. The summed E-state index contributed by atoms with van der Waals surface area (Å²) in [4.78, 5) is 0. The number of rotatable bonds is 2. The zero-order valence-electron chi connectivity index (χ0n) is 8.66. The van der Waals surface area contributed by atoms with Gasteiger partial charge in [-0.1, -0.05) is 29.8 Å². The standard InChI is InChI=1S/C12H16ClNO/c13-12-4-2-1-3-11(12)10-5-6-15-8-9(10)7-14/h1-4,9-10H,5-8,14H2. The second-order valence-electron chi connectivity index (χ2n) is 3.99. The first-order chi connectivity index (χ1) is 7.33. The van der Waals surface area contributed by atoms with Crippen LogP contribution in [-0.2, 0) is 4.74 Å². The Hall–Kier alpha value is -0.570. The van der Waals surface area contributed by atoms with Crippen molar-refractivity contribution >= 4 is 11.6 Å². The van der Waals surface area contributed by atoms with Gasteiger partial charge in [-0.3, -0.25) is 0 Å². The van der Waals surface area contributed by atoms with Crippen molar-refractivity contribution in [2.75, 3.05) is 19.8 Å². The van der Waals surface area contributed by atoms with Crippen LogP contribution in [0.3, 0.4) is 0 Å². The van der Waals surface area contributed by atoms with Crippen molar-refractivity contribution in [3.8, 4) is 0 Å². The van der Waals surface area contributed by atoms with Crippen LogP contribution in [0.5, 0.6) is 0 Å². The highest BCUT2D eigenvalue weighted by Gasteiger charge is 2.27. The van der Waals surface area contributed by atoms with Crippen molar-refractivity contribution < 1.29 is 4.74 Å². The lowest BCUT2D eigenvalue weighted by Gasteiger charge is -2.31. The molecule has 0 radical (unpaired) electrons. The zero-order valence-corrected chi connectivity index (χ0v) is 9.41. The van der Waals surface area contributed by atoms with Gasteiger partial charge in [0.05, 0.1) is 6.61 Å². The lowest BCUT2D eigenvalue weighted by atomic mass is 9.83. The van der Waals surface area contributed by atoms with Gasteiger partial charge in [-0.25, -0.2) is 0 Å². The van der Waals surface area contributed by atoms with E-state index < -0.39 is 0 Å². The molecule has 1 aromatic carbocycles. The molecule has 3 heteroatoms. The molecule has 0 amide bonds. The number of nitrogens with two attached hydrogens (primary N) is 1. The Morgan fingerprint density at radius 1 is 1.40 bits per heavy atom. The monoisotopic (exact) mass is 225 g/mol. The molecule has 0 spiro atoms. The third kappa shape index (κ3) is 2.33. The molecule has 1 saturated heterocycles. The summed E-state index contributed by atoms with van der Waals surface area (Å²) in [7, 11) is 0. The first-order valence-corrected chi connectivity index (χ1v) is 5.73. The molecule has 1 fully saturated rings. The van der Waals surface area contributed by atoms with E-state index in [9.17, 15) is 0 Å². The Morgan fingerprint density at radius 3 is 2.93 bits per heavy atom. The average molecular weight is 226 g/mol. The van der Waals surface area contributed by atoms with E-state index in [4.69, 9.17) is 22.1 Å². The molecule has 0 aliphatic carbocycles. The molecule has 2 nitrogen and oxygen atoms in total. The van der Waals surface area contributed by atoms with E-state index in [0.29, 0.717) is 18.4 Å². The molecule has 2 unspecified atom stereocenters. The predicted molar refractivity (Wildman–Crippen MR) is 62.2 cm³/mol. The Balaban J connectivity index is 2.24. The molecule has 15 heavy (non-hydrogen) atoms. The van der Waals surface area contributed by atoms with Gasteiger partial charge in [0, 0.05) is 17.5 Å². The molecular formula is C12H16ClNO. The average Bonchev–Trinajstić information content (AvgIpc) is 2.30. The van der Waals surface area contributed by atoms with Crippen LogP contribution < -0.4 is 5.73 Å². The number of hydrogen-bond donors (Lipinski definition) is 1. The van der Waals surface area contributed by atoms with Crippen LogP contribution in [0.25, 0.3) is 0 Å². The summed E-state index contributed by atoms with van der Waals surface area (Å²) in [5.41, 5.74) is 6.98. The highest BCUT2D eigenvalue weighted by Crippen LogP contribution is 2.35. The lowest BCUT2D eigenvalue weighted by Crippen LogP contribution is -2.31. The summed E-state index contributed by atoms with van der Waals surface area (Å²) in [6, 6.07) is 8.04. The maximum absolute atomic E-state index is 6.20. The van der Waals surface area contributed by atoms with Crippen molar-refractivity contribution in [2.45, 2.75) is 12.3 Å². The normalized spacial score (nSPS) is 26.5. The van der Waals surface area contributed by atoms with E-state index in [-0.39, 0.29) is 0 Å². The SMILES string of the molecule is NCC1COCCC1c1ccccc1Cl. The van der Waals surface area contributed by atoms with E-state index >= 15 is 0 Å². The molecule has 0 bridgehead atoms. The van der Waals surface area contributed by atoms with Crippen LogP contribution in [0.15, 0.2) is 24.3 Å². The minimum atomic E-state index is 0.402. The number of hydrogen-bond acceptors (Lipinski definition) is 2. The summed E-state index contributed by atoms with van der Waals surface area (Å²) >= 11 is 6.20. The largest absolute Gasteiger partial charge is 0.381 e. The Labute approximate surface area is 95.4 Å². The highest BCUT2D eigenvalue weighted by atomic mass is 35.5. The van der Waals surface area contributed by atoms with Crippen LogP contribution >= 0.6 is 11.6 Å². The van der Waals surface area contributed by atoms with Crippen LogP contribution in [-0.4, -0.2) is 19.8 Å². The maximum Gasteiger partial charge on any atom is 0.0512 e. The second-order valence-corrected chi connectivity index (χ2v) is 4.39. The third-order valence-corrected chi connectivity index (χ3v) is 3.43. The van der Waals surface area contributed by atoms with E-state index in [1.807, 2.05) is 18.2 Å². The number of ether oxygens (including phenoxy) is 1. The van der Waals surface area contributed by atoms with E-state index in [0.717, 1.165) is 24.7 Å².